The SMILES string of the molecule is CN(Cc1cccc(Nc2c(F)c(F)nc(F)c2F)c1)Cc1cscn1. The van der Waals surface area contributed by atoms with Gasteiger partial charge in [-0.2, -0.15) is 22.5 Å². The van der Waals surface area contributed by atoms with Gasteiger partial charge in [0.15, 0.2) is 0 Å². The van der Waals surface area contributed by atoms with Gasteiger partial charge in [-0.05, 0) is 24.7 Å². The van der Waals surface area contributed by atoms with Crippen molar-refractivity contribution in [2.75, 3.05) is 12.4 Å². The third-order valence-electron chi connectivity index (χ3n) is 3.56. The number of aromatic nitrogens is 2. The minimum absolute atomic E-state index is 0.298. The molecule has 1 N–H and O–H groups in total. The van der Waals surface area contributed by atoms with E-state index < -0.39 is 29.2 Å². The molecule has 3 aromatic rings. The van der Waals surface area contributed by atoms with E-state index in [4.69, 9.17) is 0 Å². The first-order valence-electron chi connectivity index (χ1n) is 7.55. The van der Waals surface area contributed by atoms with Gasteiger partial charge in [0.25, 0.3) is 11.9 Å². The van der Waals surface area contributed by atoms with Gasteiger partial charge in [-0.15, -0.1) is 11.3 Å². The third kappa shape index (κ3) is 4.17. The predicted octanol–water partition coefficient (Wildman–Crippen LogP) is 4.47. The fourth-order valence-electron chi connectivity index (χ4n) is 2.45. The lowest BCUT2D eigenvalue weighted by Gasteiger charge is -2.16. The molecule has 26 heavy (non-hydrogen) atoms. The number of anilines is 2. The average molecular weight is 382 g/mol. The molecule has 0 spiro atoms. The summed E-state index contributed by atoms with van der Waals surface area (Å²) in [7, 11) is 1.91. The Labute approximate surface area is 151 Å². The first-order valence-corrected chi connectivity index (χ1v) is 8.50. The second kappa shape index (κ2) is 7.79. The van der Waals surface area contributed by atoms with E-state index in [2.05, 4.69) is 15.3 Å². The zero-order chi connectivity index (χ0) is 18.7. The van der Waals surface area contributed by atoms with Crippen LogP contribution < -0.4 is 5.32 Å². The van der Waals surface area contributed by atoms with Crippen LogP contribution in [0.2, 0.25) is 0 Å². The zero-order valence-electron chi connectivity index (χ0n) is 13.6. The summed E-state index contributed by atoms with van der Waals surface area (Å²) in [6.45, 7) is 1.20. The fraction of sp³-hybridized carbons (Fsp3) is 0.176. The van der Waals surface area contributed by atoms with Gasteiger partial charge in [0, 0.05) is 24.2 Å². The molecule has 0 aliphatic rings. The largest absolute Gasteiger partial charge is 0.350 e. The van der Waals surface area contributed by atoms with Crippen molar-refractivity contribution in [3.63, 3.8) is 0 Å². The van der Waals surface area contributed by atoms with Crippen LogP contribution in [0, 0.1) is 23.5 Å². The standard InChI is InChI=1S/C17H14F4N4S/c1-25(7-12-8-26-9-22-12)6-10-3-2-4-11(5-10)23-15-13(18)16(20)24-17(21)14(15)19/h2-5,8-9H,6-7H2,1H3,(H,23,24). The molecule has 9 heteroatoms. The number of rotatable bonds is 6. The maximum Gasteiger partial charge on any atom is 0.253 e. The number of halogens is 4. The van der Waals surface area contributed by atoms with Crippen LogP contribution in [0.25, 0.3) is 0 Å². The van der Waals surface area contributed by atoms with E-state index in [9.17, 15) is 17.6 Å². The minimum Gasteiger partial charge on any atom is -0.350 e. The topological polar surface area (TPSA) is 41.0 Å². The molecule has 0 aliphatic heterocycles. The lowest BCUT2D eigenvalue weighted by Crippen LogP contribution is -2.17. The van der Waals surface area contributed by atoms with Crippen molar-refractivity contribution in [3.8, 4) is 0 Å². The van der Waals surface area contributed by atoms with Gasteiger partial charge in [0.05, 0.1) is 11.2 Å². The molecule has 0 radical (unpaired) electrons. The number of hydrogen-bond donors (Lipinski definition) is 1. The molecular formula is C17H14F4N4S. The summed E-state index contributed by atoms with van der Waals surface area (Å²) >= 11 is 1.51. The van der Waals surface area contributed by atoms with Gasteiger partial charge in [0.2, 0.25) is 11.6 Å². The number of hydrogen-bond acceptors (Lipinski definition) is 5. The molecular weight excluding hydrogens is 368 g/mol. The Bertz CT molecular complexity index is 876. The molecule has 0 amide bonds. The van der Waals surface area contributed by atoms with Crippen LogP contribution in [0.15, 0.2) is 35.2 Å². The first kappa shape index (κ1) is 18.3. The van der Waals surface area contributed by atoms with Crippen molar-refractivity contribution >= 4 is 22.7 Å². The molecule has 0 aliphatic carbocycles. The lowest BCUT2D eigenvalue weighted by atomic mass is 10.2. The van der Waals surface area contributed by atoms with Crippen molar-refractivity contribution in [2.24, 2.45) is 0 Å². The molecule has 1 aromatic carbocycles. The summed E-state index contributed by atoms with van der Waals surface area (Å²) < 4.78 is 53.9. The van der Waals surface area contributed by atoms with Crippen molar-refractivity contribution in [1.29, 1.82) is 0 Å². The van der Waals surface area contributed by atoms with E-state index >= 15 is 0 Å². The maximum atomic E-state index is 13.7. The highest BCUT2D eigenvalue weighted by molar-refractivity contribution is 7.07. The molecule has 0 fully saturated rings. The monoisotopic (exact) mass is 382 g/mol. The highest BCUT2D eigenvalue weighted by atomic mass is 32.1. The molecule has 0 saturated carbocycles. The normalized spacial score (nSPS) is 11.2. The molecule has 2 aromatic heterocycles. The molecule has 3 rings (SSSR count). The third-order valence-corrected chi connectivity index (χ3v) is 4.20. The second-order valence-electron chi connectivity index (χ2n) is 5.67. The van der Waals surface area contributed by atoms with E-state index in [1.165, 1.54) is 11.3 Å². The van der Waals surface area contributed by atoms with Crippen LogP contribution in [0.3, 0.4) is 0 Å². The summed E-state index contributed by atoms with van der Waals surface area (Å²) in [5.41, 5.74) is 2.93. The van der Waals surface area contributed by atoms with Gasteiger partial charge < -0.3 is 5.32 Å². The Balaban J connectivity index is 1.76. The first-order chi connectivity index (χ1) is 12.4. The van der Waals surface area contributed by atoms with Gasteiger partial charge in [-0.1, -0.05) is 12.1 Å². The predicted molar refractivity (Wildman–Crippen MR) is 91.1 cm³/mol. The van der Waals surface area contributed by atoms with Gasteiger partial charge in [-0.25, -0.2) is 4.98 Å². The van der Waals surface area contributed by atoms with Crippen molar-refractivity contribution in [3.05, 3.63) is 69.9 Å². The van der Waals surface area contributed by atoms with Crippen LogP contribution in [0.5, 0.6) is 0 Å². The van der Waals surface area contributed by atoms with Crippen molar-refractivity contribution < 1.29 is 17.6 Å². The quantitative estimate of drug-likeness (QED) is 0.505. The smallest absolute Gasteiger partial charge is 0.253 e. The van der Waals surface area contributed by atoms with Crippen molar-refractivity contribution in [2.45, 2.75) is 13.1 Å². The summed E-state index contributed by atoms with van der Waals surface area (Å²) in [5, 5.41) is 4.33. The highest BCUT2D eigenvalue weighted by Gasteiger charge is 2.20. The molecule has 0 atom stereocenters. The van der Waals surface area contributed by atoms with Gasteiger partial charge in [0.1, 0.15) is 5.69 Å². The Kier molecular flexibility index (Phi) is 5.48. The van der Waals surface area contributed by atoms with E-state index in [0.717, 1.165) is 11.3 Å². The Hall–Kier alpha value is -2.52. The molecule has 2 heterocycles. The van der Waals surface area contributed by atoms with E-state index in [1.807, 2.05) is 23.4 Å². The van der Waals surface area contributed by atoms with Crippen LogP contribution in [0.4, 0.5) is 28.9 Å². The summed E-state index contributed by atoms with van der Waals surface area (Å²) in [5.74, 6) is -6.55. The Morgan fingerprint density at radius 3 is 2.46 bits per heavy atom. The van der Waals surface area contributed by atoms with E-state index in [0.29, 0.717) is 18.8 Å². The number of benzene rings is 1. The van der Waals surface area contributed by atoms with Gasteiger partial charge >= 0.3 is 0 Å². The highest BCUT2D eigenvalue weighted by Crippen LogP contribution is 2.26. The van der Waals surface area contributed by atoms with Crippen LogP contribution >= 0.6 is 11.3 Å². The Morgan fingerprint density at radius 1 is 1.08 bits per heavy atom. The lowest BCUT2D eigenvalue weighted by molar-refractivity contribution is 0.316. The van der Waals surface area contributed by atoms with Crippen LogP contribution in [-0.4, -0.2) is 21.9 Å². The molecule has 136 valence electrons. The molecule has 0 bridgehead atoms. The summed E-state index contributed by atoms with van der Waals surface area (Å²) in [6.07, 6.45) is 0. The number of nitrogens with zero attached hydrogens (tertiary/aromatic N) is 3. The maximum absolute atomic E-state index is 13.7. The second-order valence-corrected chi connectivity index (χ2v) is 6.39. The Morgan fingerprint density at radius 2 is 1.81 bits per heavy atom. The fourth-order valence-corrected chi connectivity index (χ4v) is 3.00. The summed E-state index contributed by atoms with van der Waals surface area (Å²) in [6, 6.07) is 6.70. The van der Waals surface area contributed by atoms with Crippen molar-refractivity contribution in [1.82, 2.24) is 14.9 Å². The molecule has 4 nitrogen and oxygen atoms in total. The summed E-state index contributed by atoms with van der Waals surface area (Å²) in [4.78, 5) is 8.76. The molecule has 0 saturated heterocycles. The van der Waals surface area contributed by atoms with E-state index in [1.54, 1.807) is 23.7 Å². The molecule has 0 unspecified atom stereocenters. The number of nitrogens with one attached hydrogen (secondary N) is 1. The average Bonchev–Trinajstić information content (AvgIpc) is 3.10. The van der Waals surface area contributed by atoms with E-state index in [-0.39, 0.29) is 0 Å². The van der Waals surface area contributed by atoms with Crippen LogP contribution in [0.1, 0.15) is 11.3 Å². The van der Waals surface area contributed by atoms with Gasteiger partial charge in [-0.3, -0.25) is 4.90 Å². The zero-order valence-corrected chi connectivity index (χ0v) is 14.5. The minimum atomic E-state index is -1.70. The number of pyridine rings is 1. The van der Waals surface area contributed by atoms with Crippen LogP contribution in [-0.2, 0) is 13.1 Å². The number of thiazole rings is 1.